The number of rotatable bonds is 3. The predicted molar refractivity (Wildman–Crippen MR) is 102 cm³/mol. The molecule has 0 saturated carbocycles. The minimum atomic E-state index is 0.883. The summed E-state index contributed by atoms with van der Waals surface area (Å²) in [5.41, 5.74) is 3.52. The molecule has 1 N–H and O–H groups in total. The lowest BCUT2D eigenvalue weighted by Gasteiger charge is -2.17. The molecular weight excluding hydrogens is 336 g/mol. The number of nitrogens with one attached hydrogen (secondary N) is 1. The quantitative estimate of drug-likeness (QED) is 0.708. The van der Waals surface area contributed by atoms with Crippen LogP contribution in [0.1, 0.15) is 25.1 Å². The van der Waals surface area contributed by atoms with Crippen LogP contribution in [0.2, 0.25) is 0 Å². The van der Waals surface area contributed by atoms with Gasteiger partial charge in [0.1, 0.15) is 5.03 Å². The molecule has 0 atom stereocenters. The van der Waals surface area contributed by atoms with Crippen molar-refractivity contribution < 1.29 is 0 Å². The second kappa shape index (κ2) is 8.05. The highest BCUT2D eigenvalue weighted by molar-refractivity contribution is 8.02. The minimum absolute atomic E-state index is 0.883. The summed E-state index contributed by atoms with van der Waals surface area (Å²) in [6, 6.07) is 10.4. The van der Waals surface area contributed by atoms with Gasteiger partial charge in [0.2, 0.25) is 0 Å². The highest BCUT2D eigenvalue weighted by Crippen LogP contribution is 2.37. The first-order valence-corrected chi connectivity index (χ1v) is 10.3. The van der Waals surface area contributed by atoms with Gasteiger partial charge in [-0.1, -0.05) is 43.8 Å². The van der Waals surface area contributed by atoms with Gasteiger partial charge in [0.25, 0.3) is 0 Å². The molecule has 4 nitrogen and oxygen atoms in total. The van der Waals surface area contributed by atoms with E-state index in [1.807, 2.05) is 30.6 Å². The fourth-order valence-electron chi connectivity index (χ4n) is 2.70. The van der Waals surface area contributed by atoms with Gasteiger partial charge in [-0.25, -0.2) is 9.50 Å². The predicted octanol–water partition coefficient (Wildman–Crippen LogP) is 4.27. The van der Waals surface area contributed by atoms with Gasteiger partial charge in [-0.15, -0.1) is 11.8 Å². The third-order valence-corrected chi connectivity index (χ3v) is 5.66. The molecule has 0 spiro atoms. The van der Waals surface area contributed by atoms with Crippen LogP contribution in [0.5, 0.6) is 0 Å². The number of hydrogen-bond donors (Lipinski definition) is 1. The molecular formula is C18H22N4S2. The Balaban J connectivity index is 0.000000815. The van der Waals surface area contributed by atoms with Gasteiger partial charge in [-0.05, 0) is 18.4 Å². The summed E-state index contributed by atoms with van der Waals surface area (Å²) in [5.74, 6) is 0. The number of thioether (sulfide) groups is 1. The maximum Gasteiger partial charge on any atom is 0.170 e. The Kier molecular flexibility index (Phi) is 5.81. The Morgan fingerprint density at radius 1 is 1.17 bits per heavy atom. The van der Waals surface area contributed by atoms with E-state index in [0.717, 1.165) is 35.1 Å². The number of aromatic nitrogens is 3. The van der Waals surface area contributed by atoms with Crippen LogP contribution in [-0.2, 0) is 13.0 Å². The zero-order chi connectivity index (χ0) is 16.9. The first-order chi connectivity index (χ1) is 11.9. The Hall–Kier alpha value is -1.50. The van der Waals surface area contributed by atoms with Crippen molar-refractivity contribution in [2.75, 3.05) is 12.8 Å². The first kappa shape index (κ1) is 17.3. The summed E-state index contributed by atoms with van der Waals surface area (Å²) >= 11 is 3.43. The molecule has 1 aliphatic rings. The van der Waals surface area contributed by atoms with Crippen molar-refractivity contribution >= 4 is 29.2 Å². The van der Waals surface area contributed by atoms with Crippen molar-refractivity contribution in [2.24, 2.45) is 0 Å². The van der Waals surface area contributed by atoms with Gasteiger partial charge in [0, 0.05) is 36.2 Å². The SMILES string of the molecule is CC.CSc1nn2c3c(cnc2c1Sc1ccccc1)CNCC3. The molecule has 3 aromatic rings. The normalized spacial score (nSPS) is 13.3. The monoisotopic (exact) mass is 358 g/mol. The first-order valence-electron chi connectivity index (χ1n) is 8.24. The maximum atomic E-state index is 4.81. The second-order valence-corrected chi connectivity index (χ2v) is 7.02. The summed E-state index contributed by atoms with van der Waals surface area (Å²) in [4.78, 5) is 7.05. The minimum Gasteiger partial charge on any atom is -0.312 e. The topological polar surface area (TPSA) is 42.2 Å². The van der Waals surface area contributed by atoms with Crippen LogP contribution in [0.15, 0.2) is 51.3 Å². The van der Waals surface area contributed by atoms with E-state index >= 15 is 0 Å². The van der Waals surface area contributed by atoms with Gasteiger partial charge >= 0.3 is 0 Å². The summed E-state index contributed by atoms with van der Waals surface area (Å²) in [6.45, 7) is 5.88. The fraction of sp³-hybridized carbons (Fsp3) is 0.333. The van der Waals surface area contributed by atoms with E-state index in [-0.39, 0.29) is 0 Å². The van der Waals surface area contributed by atoms with E-state index in [1.165, 1.54) is 16.2 Å². The Morgan fingerprint density at radius 2 is 1.96 bits per heavy atom. The van der Waals surface area contributed by atoms with E-state index in [9.17, 15) is 0 Å². The molecule has 1 aliphatic heterocycles. The highest BCUT2D eigenvalue weighted by Gasteiger charge is 2.20. The Morgan fingerprint density at radius 3 is 2.71 bits per heavy atom. The van der Waals surface area contributed by atoms with Crippen LogP contribution in [-0.4, -0.2) is 27.4 Å². The summed E-state index contributed by atoms with van der Waals surface area (Å²) in [7, 11) is 0. The lowest BCUT2D eigenvalue weighted by Crippen LogP contribution is -2.26. The van der Waals surface area contributed by atoms with Crippen molar-refractivity contribution in [3.05, 3.63) is 47.8 Å². The van der Waals surface area contributed by atoms with E-state index in [4.69, 9.17) is 5.10 Å². The molecule has 0 fully saturated rings. The van der Waals surface area contributed by atoms with Crippen LogP contribution in [0.4, 0.5) is 0 Å². The third-order valence-electron chi connectivity index (χ3n) is 3.77. The molecule has 3 heterocycles. The highest BCUT2D eigenvalue weighted by atomic mass is 32.2. The molecule has 4 rings (SSSR count). The molecule has 0 amide bonds. The van der Waals surface area contributed by atoms with Gasteiger partial charge < -0.3 is 5.32 Å². The smallest absolute Gasteiger partial charge is 0.170 e. The summed E-state index contributed by atoms with van der Waals surface area (Å²) < 4.78 is 2.05. The summed E-state index contributed by atoms with van der Waals surface area (Å²) in [6.07, 6.45) is 5.07. The van der Waals surface area contributed by atoms with E-state index in [0.29, 0.717) is 0 Å². The molecule has 6 heteroatoms. The molecule has 126 valence electrons. The van der Waals surface area contributed by atoms with Crippen LogP contribution in [0.25, 0.3) is 5.65 Å². The van der Waals surface area contributed by atoms with Crippen LogP contribution >= 0.6 is 23.5 Å². The summed E-state index contributed by atoms with van der Waals surface area (Å²) in [5, 5.41) is 9.25. The Labute approximate surface area is 151 Å². The van der Waals surface area contributed by atoms with E-state index in [2.05, 4.69) is 40.8 Å². The molecule has 0 radical (unpaired) electrons. The van der Waals surface area contributed by atoms with Crippen molar-refractivity contribution in [3.63, 3.8) is 0 Å². The zero-order valence-corrected chi connectivity index (χ0v) is 15.9. The lowest BCUT2D eigenvalue weighted by molar-refractivity contribution is 0.607. The molecule has 2 aromatic heterocycles. The number of fused-ring (bicyclic) bond motifs is 3. The molecule has 0 saturated heterocycles. The van der Waals surface area contributed by atoms with Gasteiger partial charge in [-0.2, -0.15) is 5.10 Å². The average molecular weight is 359 g/mol. The molecule has 24 heavy (non-hydrogen) atoms. The number of benzene rings is 1. The maximum absolute atomic E-state index is 4.81. The van der Waals surface area contributed by atoms with Gasteiger partial charge in [0.05, 0.1) is 10.6 Å². The van der Waals surface area contributed by atoms with E-state index < -0.39 is 0 Å². The lowest BCUT2D eigenvalue weighted by atomic mass is 10.1. The molecule has 1 aromatic carbocycles. The molecule has 0 aliphatic carbocycles. The van der Waals surface area contributed by atoms with Crippen LogP contribution in [0.3, 0.4) is 0 Å². The van der Waals surface area contributed by atoms with Crippen molar-refractivity contribution in [1.29, 1.82) is 0 Å². The van der Waals surface area contributed by atoms with Crippen molar-refractivity contribution in [1.82, 2.24) is 19.9 Å². The average Bonchev–Trinajstić information content (AvgIpc) is 3.02. The van der Waals surface area contributed by atoms with Gasteiger partial charge in [-0.3, -0.25) is 0 Å². The number of hydrogen-bond acceptors (Lipinski definition) is 5. The fourth-order valence-corrected chi connectivity index (χ4v) is 4.40. The van der Waals surface area contributed by atoms with Crippen molar-refractivity contribution in [3.8, 4) is 0 Å². The molecule has 0 unspecified atom stereocenters. The van der Waals surface area contributed by atoms with E-state index in [1.54, 1.807) is 23.5 Å². The second-order valence-electron chi connectivity index (χ2n) is 5.15. The van der Waals surface area contributed by atoms with Crippen LogP contribution in [0, 0.1) is 0 Å². The zero-order valence-electron chi connectivity index (χ0n) is 14.2. The standard InChI is InChI=1S/C16H16N4S2.C2H6/c1-21-16-14(22-12-5-3-2-4-6-12)15-18-10-11-9-17-8-7-13(11)20(15)19-16;1-2/h2-6,10,17H,7-9H2,1H3;1-2H3. The number of nitrogens with zero attached hydrogens (tertiary/aromatic N) is 3. The van der Waals surface area contributed by atoms with Gasteiger partial charge in [0.15, 0.2) is 5.65 Å². The largest absolute Gasteiger partial charge is 0.312 e. The third kappa shape index (κ3) is 3.31. The Bertz CT molecular complexity index is 815. The van der Waals surface area contributed by atoms with Crippen molar-refractivity contribution in [2.45, 2.75) is 41.6 Å². The molecule has 0 bridgehead atoms. The van der Waals surface area contributed by atoms with Crippen LogP contribution < -0.4 is 5.32 Å².